The Labute approximate surface area is 592 Å². The summed E-state index contributed by atoms with van der Waals surface area (Å²) in [5.74, 6) is 1.98. The van der Waals surface area contributed by atoms with Gasteiger partial charge < -0.3 is 13.9 Å². The van der Waals surface area contributed by atoms with Gasteiger partial charge in [0.15, 0.2) is 0 Å². The zero-order chi connectivity index (χ0) is 67.1. The Morgan fingerprint density at radius 1 is 0.418 bits per heavy atom. The zero-order valence-electron chi connectivity index (χ0n) is 58.4. The van der Waals surface area contributed by atoms with Crippen molar-refractivity contribution in [2.75, 3.05) is 0 Å². The summed E-state index contributed by atoms with van der Waals surface area (Å²) in [7, 11) is 0. The van der Waals surface area contributed by atoms with E-state index < -0.39 is 5.41 Å². The van der Waals surface area contributed by atoms with Crippen LogP contribution in [0, 0.1) is 18.5 Å². The largest absolute Gasteiger partial charge is 0.510 e. The summed E-state index contributed by atoms with van der Waals surface area (Å²) in [6.07, 6.45) is 6.82. The molecule has 11 aromatic carbocycles. The van der Waals surface area contributed by atoms with Crippen LogP contribution in [0.5, 0.6) is 11.5 Å². The van der Waals surface area contributed by atoms with Crippen LogP contribution < -0.4 is 9.30 Å². The molecule has 0 saturated heterocycles. The molecule has 2 aliphatic carbocycles. The van der Waals surface area contributed by atoms with E-state index in [0.717, 1.165) is 78.7 Å². The Balaban J connectivity index is 0.00000784. The predicted molar refractivity (Wildman–Crippen MR) is 399 cm³/mol. The number of fused-ring (bicyclic) bond motifs is 10. The molecule has 0 spiro atoms. The third kappa shape index (κ3) is 10.3. The maximum absolute atomic E-state index is 6.89. The second kappa shape index (κ2) is 23.5. The number of nitrogens with zero attached hydrogens (tertiary/aromatic N) is 4. The van der Waals surface area contributed by atoms with Crippen molar-refractivity contribution < 1.29 is 30.4 Å². The Morgan fingerprint density at radius 3 is 1.47 bits per heavy atom. The van der Waals surface area contributed by atoms with Gasteiger partial charge in [0.25, 0.3) is 6.33 Å². The second-order valence-corrected chi connectivity index (χ2v) is 30.8. The molecule has 0 amide bonds. The third-order valence-electron chi connectivity index (χ3n) is 22.1. The molecular formula is C92H82N4OPt-2. The molecule has 3 heterocycles. The molecular weight excluding hydrogens is 1370 g/mol. The van der Waals surface area contributed by atoms with Gasteiger partial charge in [-0.25, -0.2) is 4.98 Å². The summed E-state index contributed by atoms with van der Waals surface area (Å²) in [6.45, 7) is 31.0. The predicted octanol–water partition coefficient (Wildman–Crippen LogP) is 22.1. The number of pyridine rings is 1. The molecule has 98 heavy (non-hydrogen) atoms. The number of ether oxygens (including phenoxy) is 1. The van der Waals surface area contributed by atoms with Crippen molar-refractivity contribution in [3.05, 3.63) is 340 Å². The average Bonchev–Trinajstić information content (AvgIpc) is 1.47. The Hall–Kier alpha value is -9.67. The van der Waals surface area contributed by atoms with Gasteiger partial charge in [0, 0.05) is 71.4 Å². The van der Waals surface area contributed by atoms with Gasteiger partial charge in [-0.05, 0) is 136 Å². The number of hydrogen-bond donors (Lipinski definition) is 0. The first-order valence-electron chi connectivity index (χ1n) is 34.4. The van der Waals surface area contributed by atoms with Crippen molar-refractivity contribution in [2.24, 2.45) is 0 Å². The molecule has 3 aromatic heterocycles. The molecule has 0 bridgehead atoms. The van der Waals surface area contributed by atoms with Gasteiger partial charge in [-0.2, -0.15) is 18.2 Å². The molecule has 0 saturated carbocycles. The van der Waals surface area contributed by atoms with E-state index in [1.165, 1.54) is 72.3 Å². The van der Waals surface area contributed by atoms with E-state index in [9.17, 15) is 0 Å². The van der Waals surface area contributed by atoms with Crippen LogP contribution in [0.2, 0.25) is 0 Å². The Kier molecular flexibility index (Phi) is 15.4. The van der Waals surface area contributed by atoms with Gasteiger partial charge in [-0.1, -0.05) is 290 Å². The number of imidazole rings is 1. The minimum atomic E-state index is -0.409. The van der Waals surface area contributed by atoms with Crippen LogP contribution in [0.4, 0.5) is 0 Å². The number of rotatable bonds is 7. The minimum Gasteiger partial charge on any atom is -0.510 e. The van der Waals surface area contributed by atoms with Crippen LogP contribution in [0.15, 0.2) is 249 Å². The first-order chi connectivity index (χ1) is 46.5. The fraction of sp³-hybridized carbons (Fsp3) is 0.217. The van der Waals surface area contributed by atoms with Crippen LogP contribution in [-0.2, 0) is 60.0 Å². The fourth-order valence-corrected chi connectivity index (χ4v) is 16.8. The van der Waals surface area contributed by atoms with Crippen molar-refractivity contribution in [2.45, 2.75) is 129 Å². The normalized spacial score (nSPS) is 15.5. The smallest absolute Gasteiger partial charge is 0.268 e. The summed E-state index contributed by atoms with van der Waals surface area (Å²) in [5, 5.41) is 2.20. The van der Waals surface area contributed by atoms with E-state index in [4.69, 9.17) is 9.72 Å². The molecule has 0 fully saturated rings. The quantitative estimate of drug-likeness (QED) is 0.118. The van der Waals surface area contributed by atoms with Gasteiger partial charge in [0.1, 0.15) is 5.82 Å². The summed E-state index contributed by atoms with van der Waals surface area (Å²) in [6, 6.07) is 97.5. The molecule has 0 atom stereocenters. The van der Waals surface area contributed by atoms with E-state index in [1.54, 1.807) is 0 Å². The van der Waals surface area contributed by atoms with Crippen molar-refractivity contribution in [1.82, 2.24) is 14.1 Å². The van der Waals surface area contributed by atoms with Gasteiger partial charge in [-0.15, -0.1) is 29.7 Å². The molecule has 6 heteroatoms. The fourth-order valence-electron chi connectivity index (χ4n) is 16.8. The monoisotopic (exact) mass is 1450 g/mol. The first kappa shape index (κ1) is 64.3. The van der Waals surface area contributed by atoms with E-state index in [0.29, 0.717) is 11.5 Å². The number of aromatic nitrogens is 4. The van der Waals surface area contributed by atoms with Gasteiger partial charge in [0.05, 0.1) is 16.7 Å². The van der Waals surface area contributed by atoms with Crippen molar-refractivity contribution in [3.63, 3.8) is 0 Å². The number of para-hydroxylation sites is 4. The zero-order valence-corrected chi connectivity index (χ0v) is 60.7. The minimum absolute atomic E-state index is 0. The third-order valence-corrected chi connectivity index (χ3v) is 22.1. The molecule has 0 radical (unpaired) electrons. The maximum Gasteiger partial charge on any atom is 0.268 e. The van der Waals surface area contributed by atoms with Crippen LogP contribution in [0.1, 0.15) is 162 Å². The molecule has 0 N–H and O–H groups in total. The van der Waals surface area contributed by atoms with Crippen LogP contribution in [0.25, 0.3) is 72.3 Å². The van der Waals surface area contributed by atoms with Crippen LogP contribution >= 0.6 is 0 Å². The number of benzene rings is 11. The SMILES string of the molecule is CC(C)(C)c1ccnc(-n2c3[c-]c(Oc4[c-]c(-n5[c-][n+](-c6c(-c7ccc8c(c7)C(C)(C)c7ccccc7Cc7ccccc7C8(C)C)cccc6-c6ccc7c(c6)C(C)(C)c6ccccc6C(C)(C)c6ccccc6C7(C)C)c6ccccc65)ccc4)ccc3c3ccccc32)c1.[Pt]. The van der Waals surface area contributed by atoms with Crippen molar-refractivity contribution in [1.29, 1.82) is 0 Å². The van der Waals surface area contributed by atoms with E-state index in [2.05, 4.69) is 347 Å². The van der Waals surface area contributed by atoms with E-state index in [-0.39, 0.29) is 48.1 Å². The van der Waals surface area contributed by atoms with Crippen LogP contribution in [-0.4, -0.2) is 14.1 Å². The molecule has 0 unspecified atom stereocenters. The number of hydrogen-bond acceptors (Lipinski definition) is 2. The molecule has 488 valence electrons. The summed E-state index contributed by atoms with van der Waals surface area (Å²) < 4.78 is 13.6. The topological polar surface area (TPSA) is 35.9 Å². The molecule has 0 aliphatic heterocycles. The Morgan fingerprint density at radius 2 is 0.888 bits per heavy atom. The van der Waals surface area contributed by atoms with E-state index >= 15 is 0 Å². The molecule has 5 nitrogen and oxygen atoms in total. The van der Waals surface area contributed by atoms with Crippen molar-refractivity contribution >= 4 is 32.8 Å². The van der Waals surface area contributed by atoms with Gasteiger partial charge >= 0.3 is 0 Å². The summed E-state index contributed by atoms with van der Waals surface area (Å²) in [5.41, 5.74) is 25.7. The summed E-state index contributed by atoms with van der Waals surface area (Å²) in [4.78, 5) is 4.94. The summed E-state index contributed by atoms with van der Waals surface area (Å²) >= 11 is 0. The maximum atomic E-state index is 6.89. The molecule has 14 aromatic rings. The van der Waals surface area contributed by atoms with E-state index in [1.807, 2.05) is 24.4 Å². The Bertz CT molecular complexity index is 5500. The van der Waals surface area contributed by atoms with Crippen molar-refractivity contribution in [3.8, 4) is 50.9 Å². The second-order valence-electron chi connectivity index (χ2n) is 30.8. The van der Waals surface area contributed by atoms with Crippen LogP contribution in [0.3, 0.4) is 0 Å². The average molecular weight is 1450 g/mol. The molecule has 16 rings (SSSR count). The first-order valence-corrected chi connectivity index (χ1v) is 34.4. The standard InChI is InChI=1S/C92H82N4O.Pt/c1-87(2,3)63-50-51-93-85(55-63)96-81-41-23-16-32-69(81)70-47-46-66(57-84(70)96)97-65-31-26-30-64(56-65)94-58-95(83-43-25-24-42-82(83)94)86-67(59-44-48-77-79(53-59)89(6,7)72-36-18-15-29-62(72)52-61-28-14-17-35-71(61)88(77,4)5)33-27-34-68(86)60-45-49-78-80(54-60)92(12,13)76-40-22-21-39-75(76)90(8,9)73-37-19-20-38-74(73)91(78,10)11;/h14-51,53-55H,52H2,1-13H3;/q-2;. The molecule has 2 aliphatic rings. The van der Waals surface area contributed by atoms with Gasteiger partial charge in [0.2, 0.25) is 0 Å². The van der Waals surface area contributed by atoms with Gasteiger partial charge in [-0.3, -0.25) is 4.57 Å².